The molecule has 0 saturated carbocycles. The van der Waals surface area contributed by atoms with Crippen LogP contribution in [0.2, 0.25) is 5.02 Å². The highest BCUT2D eigenvalue weighted by molar-refractivity contribution is 7.80. The Balaban J connectivity index is 2.80. The average Bonchev–Trinajstić information content (AvgIpc) is 2.38. The van der Waals surface area contributed by atoms with Crippen molar-refractivity contribution in [2.75, 3.05) is 0 Å². The van der Waals surface area contributed by atoms with Gasteiger partial charge in [-0.05, 0) is 24.5 Å². The number of nitrogens with two attached hydrogens (primary N) is 1. The Morgan fingerprint density at radius 3 is 2.42 bits per heavy atom. The van der Waals surface area contributed by atoms with E-state index in [1.807, 2.05) is 32.0 Å². The van der Waals surface area contributed by atoms with Crippen molar-refractivity contribution in [3.63, 3.8) is 0 Å². The van der Waals surface area contributed by atoms with Crippen LogP contribution in [0.5, 0.6) is 0 Å². The van der Waals surface area contributed by atoms with Crippen LogP contribution < -0.4 is 11.1 Å². The Bertz CT molecular complexity index is 472. The predicted molar refractivity (Wildman–Crippen MR) is 83.4 cm³/mol. The quantitative estimate of drug-likeness (QED) is 0.794. The highest BCUT2D eigenvalue weighted by atomic mass is 35.5. The van der Waals surface area contributed by atoms with Crippen molar-refractivity contribution in [3.05, 3.63) is 34.9 Å². The fourth-order valence-electron chi connectivity index (χ4n) is 1.96. The van der Waals surface area contributed by atoms with Crippen LogP contribution in [0.15, 0.2) is 24.3 Å². The molecular formula is C14H19ClN2OS. The third kappa shape index (κ3) is 3.91. The van der Waals surface area contributed by atoms with E-state index in [0.717, 1.165) is 5.56 Å². The Labute approximate surface area is 124 Å². The molecule has 0 aliphatic carbocycles. The molecule has 0 saturated heterocycles. The van der Waals surface area contributed by atoms with Crippen molar-refractivity contribution in [3.8, 4) is 0 Å². The molecule has 0 spiro atoms. The summed E-state index contributed by atoms with van der Waals surface area (Å²) in [6.45, 7) is 3.91. The van der Waals surface area contributed by atoms with Gasteiger partial charge in [0.15, 0.2) is 0 Å². The SMILES string of the molecule is CCC(CC)(NC(=O)Cc1ccccc1Cl)C(N)=S. The molecule has 5 heteroatoms. The molecule has 1 rings (SSSR count). The van der Waals surface area contributed by atoms with Gasteiger partial charge in [0.2, 0.25) is 5.91 Å². The molecular weight excluding hydrogens is 280 g/mol. The van der Waals surface area contributed by atoms with Crippen LogP contribution in [0.25, 0.3) is 0 Å². The molecule has 3 N–H and O–H groups in total. The minimum Gasteiger partial charge on any atom is -0.391 e. The number of hydrogen-bond donors (Lipinski definition) is 2. The van der Waals surface area contributed by atoms with Crippen molar-refractivity contribution in [1.29, 1.82) is 0 Å². The second-order valence-electron chi connectivity index (χ2n) is 4.47. The maximum Gasteiger partial charge on any atom is 0.225 e. The van der Waals surface area contributed by atoms with Gasteiger partial charge < -0.3 is 11.1 Å². The van der Waals surface area contributed by atoms with Gasteiger partial charge in [-0.15, -0.1) is 0 Å². The molecule has 0 aliphatic rings. The second kappa shape index (κ2) is 6.87. The lowest BCUT2D eigenvalue weighted by molar-refractivity contribution is -0.121. The minimum atomic E-state index is -0.603. The number of thiocarbonyl (C=S) groups is 1. The van der Waals surface area contributed by atoms with Gasteiger partial charge in [-0.25, -0.2) is 0 Å². The molecule has 1 aromatic carbocycles. The lowest BCUT2D eigenvalue weighted by Crippen LogP contribution is -2.56. The summed E-state index contributed by atoms with van der Waals surface area (Å²) in [5.41, 5.74) is 5.95. The molecule has 0 heterocycles. The zero-order chi connectivity index (χ0) is 14.5. The summed E-state index contributed by atoms with van der Waals surface area (Å²) in [6.07, 6.45) is 1.57. The molecule has 1 amide bonds. The van der Waals surface area contributed by atoms with E-state index in [4.69, 9.17) is 29.6 Å². The standard InChI is InChI=1S/C14H19ClN2OS/c1-3-14(4-2,13(16)19)17-12(18)9-10-7-5-6-8-11(10)15/h5-8H,3-4,9H2,1-2H3,(H2,16,19)(H,17,18). The average molecular weight is 299 g/mol. The van der Waals surface area contributed by atoms with E-state index in [9.17, 15) is 4.79 Å². The summed E-state index contributed by atoms with van der Waals surface area (Å²) in [6, 6.07) is 7.29. The van der Waals surface area contributed by atoms with Gasteiger partial charge in [0, 0.05) is 5.02 Å². The highest BCUT2D eigenvalue weighted by Crippen LogP contribution is 2.18. The van der Waals surface area contributed by atoms with Crippen LogP contribution in [0.1, 0.15) is 32.3 Å². The zero-order valence-corrected chi connectivity index (χ0v) is 12.8. The van der Waals surface area contributed by atoms with Crippen molar-refractivity contribution in [2.45, 2.75) is 38.6 Å². The highest BCUT2D eigenvalue weighted by Gasteiger charge is 2.31. The van der Waals surface area contributed by atoms with Crippen molar-refractivity contribution < 1.29 is 4.79 Å². The minimum absolute atomic E-state index is 0.121. The van der Waals surface area contributed by atoms with Crippen molar-refractivity contribution in [1.82, 2.24) is 5.32 Å². The molecule has 0 fully saturated rings. The van der Waals surface area contributed by atoms with Gasteiger partial charge in [0.25, 0.3) is 0 Å². The molecule has 0 atom stereocenters. The maximum absolute atomic E-state index is 12.1. The topological polar surface area (TPSA) is 55.1 Å². The van der Waals surface area contributed by atoms with E-state index < -0.39 is 5.54 Å². The Morgan fingerprint density at radius 2 is 1.95 bits per heavy atom. The third-order valence-electron chi connectivity index (χ3n) is 3.37. The second-order valence-corrected chi connectivity index (χ2v) is 5.32. The molecule has 0 radical (unpaired) electrons. The monoisotopic (exact) mass is 298 g/mol. The molecule has 19 heavy (non-hydrogen) atoms. The van der Waals surface area contributed by atoms with Crippen LogP contribution >= 0.6 is 23.8 Å². The van der Waals surface area contributed by atoms with E-state index >= 15 is 0 Å². The molecule has 0 aromatic heterocycles. The molecule has 0 bridgehead atoms. The van der Waals surface area contributed by atoms with E-state index in [2.05, 4.69) is 5.32 Å². The lowest BCUT2D eigenvalue weighted by Gasteiger charge is -2.31. The molecule has 1 aromatic rings. The molecule has 104 valence electrons. The van der Waals surface area contributed by atoms with Crippen LogP contribution in [0, 0.1) is 0 Å². The van der Waals surface area contributed by atoms with Gasteiger partial charge in [-0.2, -0.15) is 0 Å². The van der Waals surface area contributed by atoms with Crippen LogP contribution in [0.4, 0.5) is 0 Å². The van der Waals surface area contributed by atoms with Crippen molar-refractivity contribution in [2.24, 2.45) is 5.73 Å². The number of nitrogens with one attached hydrogen (secondary N) is 1. The fourth-order valence-corrected chi connectivity index (χ4v) is 2.50. The summed E-state index contributed by atoms with van der Waals surface area (Å²) in [7, 11) is 0. The van der Waals surface area contributed by atoms with Gasteiger partial charge in [0.05, 0.1) is 16.9 Å². The fraction of sp³-hybridized carbons (Fsp3) is 0.429. The normalized spacial score (nSPS) is 11.1. The van der Waals surface area contributed by atoms with Gasteiger partial charge >= 0.3 is 0 Å². The first kappa shape index (κ1) is 15.9. The van der Waals surface area contributed by atoms with E-state index in [0.29, 0.717) is 22.9 Å². The number of halogens is 1. The van der Waals surface area contributed by atoms with Gasteiger partial charge in [0.1, 0.15) is 0 Å². The van der Waals surface area contributed by atoms with Crippen LogP contribution in [0.3, 0.4) is 0 Å². The number of rotatable bonds is 6. The Kier molecular flexibility index (Phi) is 5.76. The Hall–Kier alpha value is -1.13. The van der Waals surface area contributed by atoms with Gasteiger partial charge in [-0.3, -0.25) is 4.79 Å². The maximum atomic E-state index is 12.1. The molecule has 0 aliphatic heterocycles. The molecule has 0 unspecified atom stereocenters. The number of carbonyl (C=O) groups excluding carboxylic acids is 1. The first-order valence-corrected chi connectivity index (χ1v) is 7.08. The van der Waals surface area contributed by atoms with E-state index in [1.165, 1.54) is 0 Å². The summed E-state index contributed by atoms with van der Waals surface area (Å²) >= 11 is 11.1. The summed E-state index contributed by atoms with van der Waals surface area (Å²) in [4.78, 5) is 12.4. The number of hydrogen-bond acceptors (Lipinski definition) is 2. The largest absolute Gasteiger partial charge is 0.391 e. The first-order chi connectivity index (χ1) is 8.95. The number of carbonyl (C=O) groups is 1. The smallest absolute Gasteiger partial charge is 0.225 e. The van der Waals surface area contributed by atoms with E-state index in [-0.39, 0.29) is 12.3 Å². The van der Waals surface area contributed by atoms with Crippen LogP contribution in [-0.4, -0.2) is 16.4 Å². The lowest BCUT2D eigenvalue weighted by atomic mass is 9.92. The Morgan fingerprint density at radius 1 is 1.37 bits per heavy atom. The van der Waals surface area contributed by atoms with Crippen LogP contribution in [-0.2, 0) is 11.2 Å². The van der Waals surface area contributed by atoms with Crippen molar-refractivity contribution >= 4 is 34.7 Å². The summed E-state index contributed by atoms with van der Waals surface area (Å²) < 4.78 is 0. The summed E-state index contributed by atoms with van der Waals surface area (Å²) in [5.74, 6) is -0.121. The number of benzene rings is 1. The number of amides is 1. The van der Waals surface area contributed by atoms with E-state index in [1.54, 1.807) is 6.07 Å². The van der Waals surface area contributed by atoms with Gasteiger partial charge in [-0.1, -0.05) is 55.9 Å². The third-order valence-corrected chi connectivity index (χ3v) is 4.13. The first-order valence-electron chi connectivity index (χ1n) is 6.29. The molecule has 3 nitrogen and oxygen atoms in total. The zero-order valence-electron chi connectivity index (χ0n) is 11.2. The predicted octanol–water partition coefficient (Wildman–Crippen LogP) is 2.84. The summed E-state index contributed by atoms with van der Waals surface area (Å²) in [5, 5.41) is 3.53.